The lowest BCUT2D eigenvalue weighted by Crippen LogP contribution is -2.48. The number of carbonyl (C=O) groups is 1. The van der Waals surface area contributed by atoms with Crippen molar-refractivity contribution in [3.63, 3.8) is 0 Å². The van der Waals surface area contributed by atoms with Crippen LogP contribution in [0.2, 0.25) is 0 Å². The van der Waals surface area contributed by atoms with Crippen molar-refractivity contribution in [2.45, 2.75) is 6.92 Å². The van der Waals surface area contributed by atoms with Crippen LogP contribution in [0.25, 0.3) is 11.4 Å². The van der Waals surface area contributed by atoms with Crippen LogP contribution in [0, 0.1) is 6.92 Å². The minimum absolute atomic E-state index is 0.0258. The van der Waals surface area contributed by atoms with E-state index in [0.717, 1.165) is 24.3 Å². The van der Waals surface area contributed by atoms with E-state index in [4.69, 9.17) is 4.52 Å². The Hall–Kier alpha value is -3.22. The molecule has 0 atom stereocenters. The number of benzene rings is 1. The van der Waals surface area contributed by atoms with Gasteiger partial charge in [-0.25, -0.2) is 0 Å². The molecule has 132 valence electrons. The molecule has 7 nitrogen and oxygen atoms in total. The maximum Gasteiger partial charge on any atom is 0.253 e. The van der Waals surface area contributed by atoms with E-state index < -0.39 is 0 Å². The van der Waals surface area contributed by atoms with Gasteiger partial charge in [0.1, 0.15) is 0 Å². The predicted molar refractivity (Wildman–Crippen MR) is 96.8 cm³/mol. The summed E-state index contributed by atoms with van der Waals surface area (Å²) < 4.78 is 5.02. The van der Waals surface area contributed by atoms with Gasteiger partial charge in [0.15, 0.2) is 0 Å². The Bertz CT molecular complexity index is 901. The van der Waals surface area contributed by atoms with Crippen LogP contribution >= 0.6 is 0 Å². The van der Waals surface area contributed by atoms with Crippen molar-refractivity contribution in [3.05, 3.63) is 60.2 Å². The molecule has 26 heavy (non-hydrogen) atoms. The summed E-state index contributed by atoms with van der Waals surface area (Å²) in [6, 6.07) is 11.3. The SMILES string of the molecule is Cc1nc(-c2cccc(C(=O)N3CCN(c4cccnc4)CC3)c2)no1. The first-order valence-corrected chi connectivity index (χ1v) is 8.56. The molecule has 1 saturated heterocycles. The van der Waals surface area contributed by atoms with Gasteiger partial charge < -0.3 is 14.3 Å². The molecule has 3 heterocycles. The summed E-state index contributed by atoms with van der Waals surface area (Å²) in [5, 5.41) is 3.92. The number of aryl methyl sites for hydroxylation is 1. The Balaban J connectivity index is 1.45. The van der Waals surface area contributed by atoms with Gasteiger partial charge in [-0.15, -0.1) is 0 Å². The Kier molecular flexibility index (Phi) is 4.35. The molecule has 1 aliphatic rings. The number of hydrogen-bond donors (Lipinski definition) is 0. The third-order valence-corrected chi connectivity index (χ3v) is 4.47. The quantitative estimate of drug-likeness (QED) is 0.723. The molecule has 0 unspecified atom stereocenters. The van der Waals surface area contributed by atoms with Crippen LogP contribution in [0.3, 0.4) is 0 Å². The standard InChI is InChI=1S/C19H19N5O2/c1-14-21-18(22-26-14)15-4-2-5-16(12-15)19(25)24-10-8-23(9-11-24)17-6-3-7-20-13-17/h2-7,12-13H,8-11H2,1H3. The van der Waals surface area contributed by atoms with Gasteiger partial charge in [0.25, 0.3) is 5.91 Å². The molecule has 0 aliphatic carbocycles. The van der Waals surface area contributed by atoms with Gasteiger partial charge in [-0.2, -0.15) is 4.98 Å². The van der Waals surface area contributed by atoms with Crippen molar-refractivity contribution in [2.24, 2.45) is 0 Å². The molecule has 1 aliphatic heterocycles. The average molecular weight is 349 g/mol. The maximum atomic E-state index is 12.9. The number of anilines is 1. The van der Waals surface area contributed by atoms with Crippen LogP contribution in [-0.2, 0) is 0 Å². The van der Waals surface area contributed by atoms with Gasteiger partial charge in [-0.1, -0.05) is 17.3 Å². The van der Waals surface area contributed by atoms with E-state index in [9.17, 15) is 4.79 Å². The molecular formula is C19H19N5O2. The largest absolute Gasteiger partial charge is 0.367 e. The fourth-order valence-corrected chi connectivity index (χ4v) is 3.10. The zero-order valence-corrected chi connectivity index (χ0v) is 14.5. The number of carbonyl (C=O) groups excluding carboxylic acids is 1. The summed E-state index contributed by atoms with van der Waals surface area (Å²) in [5.41, 5.74) is 2.51. The fourth-order valence-electron chi connectivity index (χ4n) is 3.10. The van der Waals surface area contributed by atoms with Crippen molar-refractivity contribution in [2.75, 3.05) is 31.1 Å². The molecule has 1 amide bonds. The van der Waals surface area contributed by atoms with Gasteiger partial charge in [-0.3, -0.25) is 9.78 Å². The number of rotatable bonds is 3. The lowest BCUT2D eigenvalue weighted by molar-refractivity contribution is 0.0747. The van der Waals surface area contributed by atoms with Crippen molar-refractivity contribution in [3.8, 4) is 11.4 Å². The third-order valence-electron chi connectivity index (χ3n) is 4.47. The second-order valence-electron chi connectivity index (χ2n) is 6.21. The lowest BCUT2D eigenvalue weighted by Gasteiger charge is -2.36. The average Bonchev–Trinajstić information content (AvgIpc) is 3.15. The van der Waals surface area contributed by atoms with Crippen LogP contribution < -0.4 is 4.90 Å². The molecule has 1 aromatic carbocycles. The molecule has 0 bridgehead atoms. The van der Waals surface area contributed by atoms with Gasteiger partial charge in [-0.05, 0) is 24.3 Å². The van der Waals surface area contributed by atoms with E-state index in [1.807, 2.05) is 47.5 Å². The summed E-state index contributed by atoms with van der Waals surface area (Å²) in [6.45, 7) is 4.69. The first-order chi connectivity index (χ1) is 12.7. The summed E-state index contributed by atoms with van der Waals surface area (Å²) in [7, 11) is 0. The molecule has 0 radical (unpaired) electrons. The monoisotopic (exact) mass is 349 g/mol. The highest BCUT2D eigenvalue weighted by atomic mass is 16.5. The lowest BCUT2D eigenvalue weighted by atomic mass is 10.1. The van der Waals surface area contributed by atoms with Crippen molar-refractivity contribution >= 4 is 11.6 Å². The van der Waals surface area contributed by atoms with Crippen LogP contribution in [0.4, 0.5) is 5.69 Å². The second kappa shape index (κ2) is 6.95. The molecule has 2 aromatic heterocycles. The molecule has 4 rings (SSSR count). The van der Waals surface area contributed by atoms with Crippen LogP contribution in [0.15, 0.2) is 53.3 Å². The molecule has 0 saturated carbocycles. The van der Waals surface area contributed by atoms with Crippen LogP contribution in [0.5, 0.6) is 0 Å². The van der Waals surface area contributed by atoms with Crippen molar-refractivity contribution in [1.29, 1.82) is 0 Å². The maximum absolute atomic E-state index is 12.9. The Morgan fingerprint density at radius 3 is 2.65 bits per heavy atom. The third kappa shape index (κ3) is 3.28. The highest BCUT2D eigenvalue weighted by Gasteiger charge is 2.23. The second-order valence-corrected chi connectivity index (χ2v) is 6.21. The molecule has 1 fully saturated rings. The minimum atomic E-state index is 0.0258. The summed E-state index contributed by atoms with van der Waals surface area (Å²) in [5.74, 6) is 1.03. The normalized spacial score (nSPS) is 14.5. The zero-order valence-electron chi connectivity index (χ0n) is 14.5. The van der Waals surface area contributed by atoms with E-state index in [-0.39, 0.29) is 5.91 Å². The van der Waals surface area contributed by atoms with E-state index in [1.54, 1.807) is 13.1 Å². The Morgan fingerprint density at radius 1 is 1.12 bits per heavy atom. The predicted octanol–water partition coefficient (Wildman–Crippen LogP) is 2.40. The number of pyridine rings is 1. The Labute approximate surface area is 151 Å². The van der Waals surface area contributed by atoms with E-state index >= 15 is 0 Å². The van der Waals surface area contributed by atoms with Crippen molar-refractivity contribution in [1.82, 2.24) is 20.0 Å². The van der Waals surface area contributed by atoms with E-state index in [2.05, 4.69) is 20.0 Å². The van der Waals surface area contributed by atoms with Gasteiger partial charge in [0.05, 0.1) is 11.9 Å². The summed E-state index contributed by atoms with van der Waals surface area (Å²) >= 11 is 0. The fraction of sp³-hybridized carbons (Fsp3) is 0.263. The number of aromatic nitrogens is 3. The summed E-state index contributed by atoms with van der Waals surface area (Å²) in [6.07, 6.45) is 3.62. The molecule has 0 spiro atoms. The topological polar surface area (TPSA) is 75.4 Å². The van der Waals surface area contributed by atoms with Crippen LogP contribution in [0.1, 0.15) is 16.2 Å². The van der Waals surface area contributed by atoms with Gasteiger partial charge in [0.2, 0.25) is 11.7 Å². The van der Waals surface area contributed by atoms with E-state index in [0.29, 0.717) is 30.4 Å². The van der Waals surface area contributed by atoms with E-state index in [1.165, 1.54) is 0 Å². The number of hydrogen-bond acceptors (Lipinski definition) is 6. The molecule has 3 aromatic rings. The Morgan fingerprint density at radius 2 is 1.96 bits per heavy atom. The van der Waals surface area contributed by atoms with Crippen molar-refractivity contribution < 1.29 is 9.32 Å². The van der Waals surface area contributed by atoms with Crippen LogP contribution in [-0.4, -0.2) is 52.1 Å². The van der Waals surface area contributed by atoms with Gasteiger partial charge >= 0.3 is 0 Å². The number of nitrogens with zero attached hydrogens (tertiary/aromatic N) is 5. The zero-order chi connectivity index (χ0) is 17.9. The summed E-state index contributed by atoms with van der Waals surface area (Å²) in [4.78, 5) is 25.4. The highest BCUT2D eigenvalue weighted by Crippen LogP contribution is 2.20. The molecule has 0 N–H and O–H groups in total. The highest BCUT2D eigenvalue weighted by molar-refractivity contribution is 5.95. The molecule has 7 heteroatoms. The van der Waals surface area contributed by atoms with Gasteiger partial charge in [0, 0.05) is 50.4 Å². The minimum Gasteiger partial charge on any atom is -0.367 e. The first-order valence-electron chi connectivity index (χ1n) is 8.56. The number of piperazine rings is 1. The first kappa shape index (κ1) is 16.3. The molecular weight excluding hydrogens is 330 g/mol. The smallest absolute Gasteiger partial charge is 0.253 e. The number of amides is 1.